The van der Waals surface area contributed by atoms with Crippen molar-refractivity contribution in [2.75, 3.05) is 0 Å². The van der Waals surface area contributed by atoms with Crippen molar-refractivity contribution in [2.24, 2.45) is 4.99 Å². The van der Waals surface area contributed by atoms with Gasteiger partial charge in [0.2, 0.25) is 5.90 Å². The largest absolute Gasteiger partial charge is 0.402 e. The van der Waals surface area contributed by atoms with Crippen molar-refractivity contribution in [1.29, 1.82) is 0 Å². The summed E-state index contributed by atoms with van der Waals surface area (Å²) in [6.45, 7) is 1.59. The Morgan fingerprint density at radius 2 is 2.00 bits per heavy atom. The molecule has 2 aromatic rings. The summed E-state index contributed by atoms with van der Waals surface area (Å²) in [7, 11) is 0. The van der Waals surface area contributed by atoms with Crippen molar-refractivity contribution in [3.05, 3.63) is 80.0 Å². The summed E-state index contributed by atoms with van der Waals surface area (Å²) >= 11 is 5.91. The Kier molecular flexibility index (Phi) is 4.14. The van der Waals surface area contributed by atoms with Crippen molar-refractivity contribution in [1.82, 2.24) is 0 Å². The summed E-state index contributed by atoms with van der Waals surface area (Å²) in [5.74, 6) is -0.564. The summed E-state index contributed by atoms with van der Waals surface area (Å²) in [6.07, 6.45) is 1.55. The number of carbonyl (C=O) groups excluding carboxylic acids is 1. The van der Waals surface area contributed by atoms with Gasteiger partial charge in [-0.2, -0.15) is 0 Å². The van der Waals surface area contributed by atoms with E-state index in [4.69, 9.17) is 16.3 Å². The quantitative estimate of drug-likeness (QED) is 0.366. The van der Waals surface area contributed by atoms with Gasteiger partial charge in [-0.3, -0.25) is 10.1 Å². The molecule has 0 unspecified atom stereocenters. The Morgan fingerprint density at radius 3 is 2.71 bits per heavy atom. The van der Waals surface area contributed by atoms with E-state index in [1.165, 1.54) is 12.1 Å². The molecule has 0 saturated carbocycles. The molecule has 7 heteroatoms. The van der Waals surface area contributed by atoms with Gasteiger partial charge in [-0.05, 0) is 36.8 Å². The summed E-state index contributed by atoms with van der Waals surface area (Å²) in [6, 6.07) is 11.5. The number of halogens is 1. The minimum atomic E-state index is -0.615. The van der Waals surface area contributed by atoms with Crippen LogP contribution in [0.1, 0.15) is 16.7 Å². The third-order valence-corrected chi connectivity index (χ3v) is 3.74. The van der Waals surface area contributed by atoms with Crippen LogP contribution in [0, 0.1) is 17.0 Å². The monoisotopic (exact) mass is 342 g/mol. The number of nitro groups is 1. The molecule has 0 aromatic heterocycles. The van der Waals surface area contributed by atoms with E-state index < -0.39 is 10.9 Å². The van der Waals surface area contributed by atoms with E-state index in [-0.39, 0.29) is 17.3 Å². The van der Waals surface area contributed by atoms with Crippen molar-refractivity contribution < 1.29 is 14.5 Å². The van der Waals surface area contributed by atoms with E-state index in [9.17, 15) is 14.9 Å². The van der Waals surface area contributed by atoms with Gasteiger partial charge in [0.1, 0.15) is 0 Å². The molecule has 0 atom stereocenters. The molecule has 1 aliphatic rings. The number of ether oxygens (including phenoxy) is 1. The summed E-state index contributed by atoms with van der Waals surface area (Å²) in [5.41, 5.74) is 1.55. The van der Waals surface area contributed by atoms with E-state index >= 15 is 0 Å². The van der Waals surface area contributed by atoms with Crippen molar-refractivity contribution in [2.45, 2.75) is 6.92 Å². The molecular weight excluding hydrogens is 332 g/mol. The van der Waals surface area contributed by atoms with Crippen LogP contribution < -0.4 is 0 Å². The van der Waals surface area contributed by atoms with Gasteiger partial charge >= 0.3 is 5.97 Å². The first-order chi connectivity index (χ1) is 11.5. The number of nitrogens with zero attached hydrogens (tertiary/aromatic N) is 2. The summed E-state index contributed by atoms with van der Waals surface area (Å²) in [4.78, 5) is 26.7. The third kappa shape index (κ3) is 3.04. The number of nitro benzene ring substituents is 1. The molecule has 0 amide bonds. The fourth-order valence-corrected chi connectivity index (χ4v) is 2.53. The fraction of sp³-hybridized carbons (Fsp3) is 0.0588. The highest BCUT2D eigenvalue weighted by Gasteiger charge is 2.27. The smallest absolute Gasteiger partial charge is 0.363 e. The van der Waals surface area contributed by atoms with Gasteiger partial charge in [0.15, 0.2) is 5.70 Å². The van der Waals surface area contributed by atoms with E-state index in [0.29, 0.717) is 21.7 Å². The van der Waals surface area contributed by atoms with Gasteiger partial charge in [-0.25, -0.2) is 9.79 Å². The van der Waals surface area contributed by atoms with E-state index in [0.717, 1.165) is 0 Å². The zero-order valence-electron chi connectivity index (χ0n) is 12.5. The van der Waals surface area contributed by atoms with E-state index in [1.54, 1.807) is 43.3 Å². The standard InChI is InChI=1S/C17H11ClN2O4/c1-10-13(6-3-7-15(10)20(22)23)16-19-14(17(21)24-16)9-11-4-2-5-12(18)8-11/h2-9H,1H3/b14-9-. The molecule has 2 aromatic carbocycles. The number of benzene rings is 2. The number of esters is 1. The Morgan fingerprint density at radius 1 is 1.25 bits per heavy atom. The second kappa shape index (κ2) is 6.25. The van der Waals surface area contributed by atoms with Crippen LogP contribution in [-0.4, -0.2) is 16.8 Å². The molecule has 1 heterocycles. The van der Waals surface area contributed by atoms with Crippen LogP contribution in [0.4, 0.5) is 5.69 Å². The summed E-state index contributed by atoms with van der Waals surface area (Å²) in [5, 5.41) is 11.6. The molecule has 0 aliphatic carbocycles. The zero-order chi connectivity index (χ0) is 17.3. The Hall–Kier alpha value is -2.99. The second-order valence-corrected chi connectivity index (χ2v) is 5.53. The molecule has 0 fully saturated rings. The van der Waals surface area contributed by atoms with Crippen LogP contribution in [0.2, 0.25) is 5.02 Å². The third-order valence-electron chi connectivity index (χ3n) is 3.50. The normalized spacial score (nSPS) is 15.3. The first-order valence-electron chi connectivity index (χ1n) is 6.98. The molecule has 0 spiro atoms. The predicted molar refractivity (Wildman–Crippen MR) is 89.9 cm³/mol. The molecule has 6 nitrogen and oxygen atoms in total. The van der Waals surface area contributed by atoms with Crippen molar-refractivity contribution >= 4 is 35.2 Å². The molecular formula is C17H11ClN2O4. The van der Waals surface area contributed by atoms with Crippen LogP contribution in [-0.2, 0) is 9.53 Å². The van der Waals surface area contributed by atoms with Gasteiger partial charge in [-0.15, -0.1) is 0 Å². The van der Waals surface area contributed by atoms with Gasteiger partial charge in [-0.1, -0.05) is 29.8 Å². The van der Waals surface area contributed by atoms with Gasteiger partial charge in [0, 0.05) is 22.2 Å². The minimum Gasteiger partial charge on any atom is -0.402 e. The molecule has 3 rings (SSSR count). The van der Waals surface area contributed by atoms with E-state index in [1.807, 2.05) is 0 Å². The fourth-order valence-electron chi connectivity index (χ4n) is 2.33. The second-order valence-electron chi connectivity index (χ2n) is 5.10. The lowest BCUT2D eigenvalue weighted by molar-refractivity contribution is -0.385. The minimum absolute atomic E-state index is 0.0504. The number of hydrogen-bond donors (Lipinski definition) is 0. The van der Waals surface area contributed by atoms with Crippen LogP contribution in [0.3, 0.4) is 0 Å². The number of carbonyl (C=O) groups is 1. The molecule has 120 valence electrons. The molecule has 0 saturated heterocycles. The van der Waals surface area contributed by atoms with Crippen molar-refractivity contribution in [3.63, 3.8) is 0 Å². The van der Waals surface area contributed by atoms with Crippen molar-refractivity contribution in [3.8, 4) is 0 Å². The number of hydrogen-bond acceptors (Lipinski definition) is 5. The lowest BCUT2D eigenvalue weighted by Gasteiger charge is -2.04. The SMILES string of the molecule is Cc1c(C2=N/C(=C\c3cccc(Cl)c3)C(=O)O2)cccc1[N+](=O)[O-]. The number of cyclic esters (lactones) is 1. The molecule has 24 heavy (non-hydrogen) atoms. The van der Waals surface area contributed by atoms with Crippen LogP contribution in [0.25, 0.3) is 6.08 Å². The lowest BCUT2D eigenvalue weighted by Crippen LogP contribution is -2.08. The predicted octanol–water partition coefficient (Wildman–Crippen LogP) is 3.90. The van der Waals surface area contributed by atoms with Gasteiger partial charge < -0.3 is 4.74 Å². The molecule has 0 bridgehead atoms. The highest BCUT2D eigenvalue weighted by Crippen LogP contribution is 2.26. The Balaban J connectivity index is 2.01. The number of aliphatic imine (C=N–C) groups is 1. The van der Waals surface area contributed by atoms with Crippen LogP contribution in [0.5, 0.6) is 0 Å². The first-order valence-corrected chi connectivity index (χ1v) is 7.36. The highest BCUT2D eigenvalue weighted by molar-refractivity contribution is 6.30. The topological polar surface area (TPSA) is 81.8 Å². The summed E-state index contributed by atoms with van der Waals surface area (Å²) < 4.78 is 5.17. The van der Waals surface area contributed by atoms with Crippen LogP contribution >= 0.6 is 11.6 Å². The Labute approximate surface area is 142 Å². The van der Waals surface area contributed by atoms with E-state index in [2.05, 4.69) is 4.99 Å². The van der Waals surface area contributed by atoms with Gasteiger partial charge in [0.25, 0.3) is 5.69 Å². The highest BCUT2D eigenvalue weighted by atomic mass is 35.5. The average molecular weight is 343 g/mol. The maximum atomic E-state index is 12.0. The maximum Gasteiger partial charge on any atom is 0.363 e. The molecule has 1 aliphatic heterocycles. The molecule has 0 radical (unpaired) electrons. The van der Waals surface area contributed by atoms with Gasteiger partial charge in [0.05, 0.1) is 4.92 Å². The maximum absolute atomic E-state index is 12.0. The molecule has 0 N–H and O–H groups in total. The Bertz CT molecular complexity index is 919. The number of rotatable bonds is 3. The lowest BCUT2D eigenvalue weighted by atomic mass is 10.1. The first kappa shape index (κ1) is 15.9. The van der Waals surface area contributed by atoms with Crippen LogP contribution in [0.15, 0.2) is 53.2 Å². The zero-order valence-corrected chi connectivity index (χ0v) is 13.3. The average Bonchev–Trinajstić information content (AvgIpc) is 2.88.